The van der Waals surface area contributed by atoms with Gasteiger partial charge in [-0.15, -0.1) is 0 Å². The maximum atomic E-state index is 12.1. The van der Waals surface area contributed by atoms with Crippen molar-refractivity contribution in [3.8, 4) is 0 Å². The first-order valence-electron chi connectivity index (χ1n) is 6.56. The van der Waals surface area contributed by atoms with Gasteiger partial charge >= 0.3 is 0 Å². The van der Waals surface area contributed by atoms with Gasteiger partial charge in [0.05, 0.1) is 0 Å². The Morgan fingerprint density at radius 3 is 2.65 bits per heavy atom. The van der Waals surface area contributed by atoms with Crippen LogP contribution in [0.2, 0.25) is 0 Å². The number of rotatable bonds is 1. The topological polar surface area (TPSA) is 70.9 Å². The monoisotopic (exact) mass is 271 g/mol. The highest BCUT2D eigenvalue weighted by atomic mass is 16.3. The molecule has 0 radical (unpaired) electrons. The van der Waals surface area contributed by atoms with Crippen molar-refractivity contribution in [2.75, 3.05) is 0 Å². The molecule has 3 aromatic rings. The van der Waals surface area contributed by atoms with Gasteiger partial charge in [-0.25, -0.2) is 4.68 Å². The Balaban J connectivity index is 2.33. The van der Waals surface area contributed by atoms with Crippen molar-refractivity contribution < 1.29 is 5.11 Å². The van der Waals surface area contributed by atoms with Gasteiger partial charge in [-0.1, -0.05) is 39.0 Å². The maximum absolute atomic E-state index is 12.1. The lowest BCUT2D eigenvalue weighted by molar-refractivity contribution is -0.00956. The highest BCUT2D eigenvalue weighted by Gasteiger charge is 2.25. The normalized spacial score (nSPS) is 14.0. The molecule has 5 nitrogen and oxygen atoms in total. The Kier molecular flexibility index (Phi) is 2.69. The van der Waals surface area contributed by atoms with Gasteiger partial charge < -0.3 is 10.1 Å². The van der Waals surface area contributed by atoms with Crippen molar-refractivity contribution in [1.29, 1.82) is 0 Å². The van der Waals surface area contributed by atoms with Gasteiger partial charge in [0, 0.05) is 27.9 Å². The van der Waals surface area contributed by atoms with E-state index in [1.54, 1.807) is 6.20 Å². The van der Waals surface area contributed by atoms with E-state index in [2.05, 4.69) is 10.1 Å². The molecule has 5 heteroatoms. The van der Waals surface area contributed by atoms with E-state index in [1.807, 2.05) is 45.0 Å². The zero-order valence-electron chi connectivity index (χ0n) is 11.7. The van der Waals surface area contributed by atoms with Crippen LogP contribution in [0, 0.1) is 5.41 Å². The molecule has 0 spiro atoms. The number of aliphatic hydroxyl groups excluding tert-OH is 1. The lowest BCUT2D eigenvalue weighted by Gasteiger charge is -2.25. The van der Waals surface area contributed by atoms with E-state index in [1.165, 1.54) is 4.68 Å². The number of H-pyrrole nitrogens is 1. The van der Waals surface area contributed by atoms with Crippen molar-refractivity contribution in [3.05, 3.63) is 40.8 Å². The summed E-state index contributed by atoms with van der Waals surface area (Å²) in [6.07, 6.45) is 0.955. The standard InChI is InChI=1S/C15H17N3O2/c1-15(2,3)14(20)18-8-10-9-6-4-5-7-11(9)16-13(19)12(10)17-18/h4-8,14,20H,1-3H3,(H,16,19). The molecule has 0 saturated carbocycles. The molecule has 1 atom stereocenters. The number of nitrogens with zero attached hydrogens (tertiary/aromatic N) is 2. The predicted octanol–water partition coefficient (Wildman–Crippen LogP) is 2.41. The van der Waals surface area contributed by atoms with Crippen molar-refractivity contribution >= 4 is 21.8 Å². The van der Waals surface area contributed by atoms with E-state index >= 15 is 0 Å². The summed E-state index contributed by atoms with van der Waals surface area (Å²) >= 11 is 0. The van der Waals surface area contributed by atoms with Crippen LogP contribution in [0.5, 0.6) is 0 Å². The van der Waals surface area contributed by atoms with E-state index in [4.69, 9.17) is 0 Å². The van der Waals surface area contributed by atoms with Crippen LogP contribution in [-0.4, -0.2) is 19.9 Å². The first kappa shape index (κ1) is 12.9. The number of pyridine rings is 1. The maximum Gasteiger partial charge on any atom is 0.276 e. The third-order valence-corrected chi connectivity index (χ3v) is 3.44. The first-order valence-corrected chi connectivity index (χ1v) is 6.56. The summed E-state index contributed by atoms with van der Waals surface area (Å²) in [5, 5.41) is 16.2. The molecule has 0 aliphatic rings. The average molecular weight is 271 g/mol. The number of nitrogens with one attached hydrogen (secondary N) is 1. The van der Waals surface area contributed by atoms with E-state index in [-0.39, 0.29) is 11.0 Å². The van der Waals surface area contributed by atoms with Gasteiger partial charge in [0.2, 0.25) is 0 Å². The molecule has 0 amide bonds. The van der Waals surface area contributed by atoms with Crippen LogP contribution in [0.25, 0.3) is 21.8 Å². The molecule has 2 N–H and O–H groups in total. The third kappa shape index (κ3) is 1.91. The summed E-state index contributed by atoms with van der Waals surface area (Å²) < 4.78 is 1.46. The van der Waals surface area contributed by atoms with Gasteiger partial charge in [0.25, 0.3) is 5.56 Å². The number of fused-ring (bicyclic) bond motifs is 3. The number of para-hydroxylation sites is 1. The molecule has 2 heterocycles. The molecule has 20 heavy (non-hydrogen) atoms. The molecule has 3 rings (SSSR count). The largest absolute Gasteiger partial charge is 0.371 e. The summed E-state index contributed by atoms with van der Waals surface area (Å²) in [4.78, 5) is 14.9. The highest BCUT2D eigenvalue weighted by Crippen LogP contribution is 2.29. The molecule has 1 aromatic carbocycles. The van der Waals surface area contributed by atoms with Crippen LogP contribution in [-0.2, 0) is 0 Å². The van der Waals surface area contributed by atoms with Crippen molar-refractivity contribution in [3.63, 3.8) is 0 Å². The minimum Gasteiger partial charge on any atom is -0.371 e. The third-order valence-electron chi connectivity index (χ3n) is 3.44. The lowest BCUT2D eigenvalue weighted by atomic mass is 9.94. The van der Waals surface area contributed by atoms with Crippen LogP contribution in [0.15, 0.2) is 35.3 Å². The fourth-order valence-electron chi connectivity index (χ4n) is 2.29. The molecular formula is C15H17N3O2. The number of aromatic nitrogens is 3. The van der Waals surface area contributed by atoms with E-state index < -0.39 is 6.23 Å². The highest BCUT2D eigenvalue weighted by molar-refractivity contribution is 6.03. The van der Waals surface area contributed by atoms with Crippen molar-refractivity contribution in [2.45, 2.75) is 27.0 Å². The molecule has 1 unspecified atom stereocenters. The van der Waals surface area contributed by atoms with Crippen LogP contribution >= 0.6 is 0 Å². The number of aliphatic hydroxyl groups is 1. The summed E-state index contributed by atoms with van der Waals surface area (Å²) in [6, 6.07) is 7.58. The fourth-order valence-corrected chi connectivity index (χ4v) is 2.29. The smallest absolute Gasteiger partial charge is 0.276 e. The van der Waals surface area contributed by atoms with E-state index in [0.29, 0.717) is 5.52 Å². The van der Waals surface area contributed by atoms with Gasteiger partial charge in [-0.05, 0) is 6.07 Å². The Bertz CT molecular complexity index is 840. The van der Waals surface area contributed by atoms with E-state index in [9.17, 15) is 9.90 Å². The Morgan fingerprint density at radius 1 is 1.25 bits per heavy atom. The molecule has 104 valence electrons. The SMILES string of the molecule is CC(C)(C)C(O)n1cc2c(n1)c(=O)[nH]c1ccccc12. The van der Waals surface area contributed by atoms with Gasteiger partial charge in [0.1, 0.15) is 0 Å². The predicted molar refractivity (Wildman–Crippen MR) is 78.6 cm³/mol. The van der Waals surface area contributed by atoms with Crippen LogP contribution in [0.4, 0.5) is 0 Å². The summed E-state index contributed by atoms with van der Waals surface area (Å²) in [7, 11) is 0. The fraction of sp³-hybridized carbons (Fsp3) is 0.333. The van der Waals surface area contributed by atoms with Gasteiger partial charge in [-0.2, -0.15) is 5.10 Å². The summed E-state index contributed by atoms with van der Waals surface area (Å²) in [5.41, 5.74) is 0.533. The number of benzene rings is 1. The van der Waals surface area contributed by atoms with E-state index in [0.717, 1.165) is 16.3 Å². The lowest BCUT2D eigenvalue weighted by Crippen LogP contribution is -2.24. The molecule has 0 saturated heterocycles. The molecule has 0 fully saturated rings. The minimum absolute atomic E-state index is 0.237. The average Bonchev–Trinajstić information content (AvgIpc) is 2.82. The zero-order valence-corrected chi connectivity index (χ0v) is 11.7. The van der Waals surface area contributed by atoms with Gasteiger partial charge in [0.15, 0.2) is 11.7 Å². The Morgan fingerprint density at radius 2 is 1.95 bits per heavy atom. The number of hydrogen-bond donors (Lipinski definition) is 2. The molecule has 0 bridgehead atoms. The van der Waals surface area contributed by atoms with Crippen LogP contribution in [0.1, 0.15) is 27.0 Å². The summed E-state index contributed by atoms with van der Waals surface area (Å²) in [6.45, 7) is 5.77. The Hall–Kier alpha value is -2.14. The molecule has 0 aliphatic carbocycles. The second-order valence-electron chi connectivity index (χ2n) is 6.11. The first-order chi connectivity index (χ1) is 9.38. The second-order valence-corrected chi connectivity index (χ2v) is 6.11. The molecule has 2 aromatic heterocycles. The quantitative estimate of drug-likeness (QED) is 0.714. The number of hydrogen-bond acceptors (Lipinski definition) is 3. The minimum atomic E-state index is -0.784. The van der Waals surface area contributed by atoms with Crippen LogP contribution < -0.4 is 5.56 Å². The van der Waals surface area contributed by atoms with Crippen molar-refractivity contribution in [1.82, 2.24) is 14.8 Å². The summed E-state index contributed by atoms with van der Waals surface area (Å²) in [5.74, 6) is 0. The van der Waals surface area contributed by atoms with Gasteiger partial charge in [-0.3, -0.25) is 4.79 Å². The molecule has 0 aliphatic heterocycles. The molecular weight excluding hydrogens is 254 g/mol. The Labute approximate surface area is 115 Å². The zero-order chi connectivity index (χ0) is 14.5. The van der Waals surface area contributed by atoms with Crippen molar-refractivity contribution in [2.24, 2.45) is 5.41 Å². The van der Waals surface area contributed by atoms with Crippen LogP contribution in [0.3, 0.4) is 0 Å². The second kappa shape index (κ2) is 4.18. The number of aromatic amines is 1.